The molecule has 1 aromatic heterocycles. The summed E-state index contributed by atoms with van der Waals surface area (Å²) in [6.45, 7) is 6.16. The van der Waals surface area contributed by atoms with Crippen molar-refractivity contribution in [1.29, 1.82) is 0 Å². The van der Waals surface area contributed by atoms with Crippen LogP contribution in [0, 0.1) is 6.92 Å². The van der Waals surface area contributed by atoms with Gasteiger partial charge in [-0.1, -0.05) is 19.1 Å². The van der Waals surface area contributed by atoms with Gasteiger partial charge in [-0.2, -0.15) is 0 Å². The van der Waals surface area contributed by atoms with Gasteiger partial charge in [-0.05, 0) is 43.2 Å². The molecule has 0 amide bonds. The topological polar surface area (TPSA) is 42.1 Å². The lowest BCUT2D eigenvalue weighted by atomic mass is 10.1. The van der Waals surface area contributed by atoms with Crippen LogP contribution in [-0.4, -0.2) is 11.5 Å². The maximum atomic E-state index is 5.73. The van der Waals surface area contributed by atoms with Gasteiger partial charge in [-0.3, -0.25) is 4.98 Å². The Morgan fingerprint density at radius 3 is 2.53 bits per heavy atom. The lowest BCUT2D eigenvalue weighted by Crippen LogP contribution is -2.23. The van der Waals surface area contributed by atoms with Gasteiger partial charge in [0.15, 0.2) is 0 Å². The molecule has 0 aliphatic rings. The zero-order valence-corrected chi connectivity index (χ0v) is 11.6. The predicted molar refractivity (Wildman–Crippen MR) is 81.2 cm³/mol. The fourth-order valence-electron chi connectivity index (χ4n) is 2.14. The summed E-state index contributed by atoms with van der Waals surface area (Å²) in [5, 5.41) is 0. The Labute approximate surface area is 115 Å². The number of anilines is 2. The van der Waals surface area contributed by atoms with Crippen LogP contribution in [0.4, 0.5) is 11.4 Å². The molecule has 1 heterocycles. The van der Waals surface area contributed by atoms with Crippen LogP contribution >= 0.6 is 0 Å². The Hall–Kier alpha value is -2.03. The molecule has 0 radical (unpaired) electrons. The minimum absolute atomic E-state index is 0.811. The Morgan fingerprint density at radius 2 is 1.89 bits per heavy atom. The van der Waals surface area contributed by atoms with Crippen molar-refractivity contribution in [2.24, 2.45) is 0 Å². The highest BCUT2D eigenvalue weighted by molar-refractivity contribution is 5.48. The van der Waals surface area contributed by atoms with Crippen LogP contribution in [0.5, 0.6) is 0 Å². The molecule has 0 unspecified atom stereocenters. The zero-order chi connectivity index (χ0) is 13.7. The van der Waals surface area contributed by atoms with Gasteiger partial charge in [0.25, 0.3) is 0 Å². The maximum absolute atomic E-state index is 5.73. The van der Waals surface area contributed by atoms with Crippen molar-refractivity contribution < 1.29 is 0 Å². The molecule has 19 heavy (non-hydrogen) atoms. The van der Waals surface area contributed by atoms with Gasteiger partial charge in [0.2, 0.25) is 0 Å². The minimum Gasteiger partial charge on any atom is -0.399 e. The normalized spacial score (nSPS) is 10.4. The van der Waals surface area contributed by atoms with Crippen LogP contribution in [-0.2, 0) is 6.54 Å². The van der Waals surface area contributed by atoms with E-state index in [9.17, 15) is 0 Å². The average Bonchev–Trinajstić information content (AvgIpc) is 2.41. The van der Waals surface area contributed by atoms with Crippen LogP contribution in [0.25, 0.3) is 0 Å². The summed E-state index contributed by atoms with van der Waals surface area (Å²) in [5.41, 5.74) is 10.1. The molecule has 2 N–H and O–H groups in total. The van der Waals surface area contributed by atoms with Crippen LogP contribution in [0.2, 0.25) is 0 Å². The molecule has 0 spiro atoms. The summed E-state index contributed by atoms with van der Waals surface area (Å²) in [7, 11) is 0. The zero-order valence-electron chi connectivity index (χ0n) is 11.6. The first-order valence-electron chi connectivity index (χ1n) is 6.71. The summed E-state index contributed by atoms with van der Waals surface area (Å²) < 4.78 is 0. The lowest BCUT2D eigenvalue weighted by Gasteiger charge is -2.24. The van der Waals surface area contributed by atoms with E-state index in [1.54, 1.807) is 0 Å². The van der Waals surface area contributed by atoms with Crippen LogP contribution < -0.4 is 10.6 Å². The van der Waals surface area contributed by atoms with E-state index in [4.69, 9.17) is 5.73 Å². The molecule has 3 heteroatoms. The Bertz CT molecular complexity index is 520. The van der Waals surface area contributed by atoms with E-state index in [1.807, 2.05) is 25.3 Å². The number of benzene rings is 1. The first-order valence-corrected chi connectivity index (χ1v) is 6.71. The van der Waals surface area contributed by atoms with E-state index in [0.29, 0.717) is 0 Å². The average molecular weight is 255 g/mol. The largest absolute Gasteiger partial charge is 0.399 e. The third-order valence-electron chi connectivity index (χ3n) is 3.09. The van der Waals surface area contributed by atoms with Gasteiger partial charge in [0.05, 0.1) is 0 Å². The van der Waals surface area contributed by atoms with Gasteiger partial charge in [0.1, 0.15) is 0 Å². The highest BCUT2D eigenvalue weighted by Crippen LogP contribution is 2.18. The highest BCUT2D eigenvalue weighted by atomic mass is 15.1. The first kappa shape index (κ1) is 13.4. The van der Waals surface area contributed by atoms with Crippen molar-refractivity contribution >= 4 is 11.4 Å². The quantitative estimate of drug-likeness (QED) is 0.833. The fourth-order valence-corrected chi connectivity index (χ4v) is 2.14. The molecule has 0 fully saturated rings. The molecule has 100 valence electrons. The van der Waals surface area contributed by atoms with Gasteiger partial charge >= 0.3 is 0 Å². The third kappa shape index (κ3) is 3.71. The summed E-state index contributed by atoms with van der Waals surface area (Å²) in [4.78, 5) is 6.63. The van der Waals surface area contributed by atoms with E-state index >= 15 is 0 Å². The fraction of sp³-hybridized carbons (Fsp3) is 0.312. The minimum atomic E-state index is 0.811. The standard InChI is InChI=1S/C16H21N3/c1-3-10-19(16-8-9-18-13(2)11-16)12-14-4-6-15(17)7-5-14/h4-9,11H,3,10,12,17H2,1-2H3. The first-order chi connectivity index (χ1) is 9.19. The van der Waals surface area contributed by atoms with Gasteiger partial charge in [0, 0.05) is 36.4 Å². The smallest absolute Gasteiger partial charge is 0.0429 e. The Morgan fingerprint density at radius 1 is 1.16 bits per heavy atom. The van der Waals surface area contributed by atoms with Crippen molar-refractivity contribution in [1.82, 2.24) is 4.98 Å². The molecular formula is C16H21N3. The van der Waals surface area contributed by atoms with Crippen molar-refractivity contribution in [2.75, 3.05) is 17.2 Å². The lowest BCUT2D eigenvalue weighted by molar-refractivity contribution is 0.766. The summed E-state index contributed by atoms with van der Waals surface area (Å²) in [6.07, 6.45) is 2.99. The second-order valence-electron chi connectivity index (χ2n) is 4.82. The van der Waals surface area contributed by atoms with Crippen molar-refractivity contribution in [3.63, 3.8) is 0 Å². The number of hydrogen-bond donors (Lipinski definition) is 1. The molecule has 0 atom stereocenters. The van der Waals surface area contributed by atoms with Crippen LogP contribution in [0.15, 0.2) is 42.6 Å². The number of nitrogen functional groups attached to an aromatic ring is 1. The molecule has 3 nitrogen and oxygen atoms in total. The van der Waals surface area contributed by atoms with Gasteiger partial charge in [-0.15, -0.1) is 0 Å². The molecule has 0 saturated heterocycles. The second kappa shape index (κ2) is 6.23. The van der Waals surface area contributed by atoms with Crippen LogP contribution in [0.1, 0.15) is 24.6 Å². The number of nitrogens with zero attached hydrogens (tertiary/aromatic N) is 2. The molecule has 2 rings (SSSR count). The number of hydrogen-bond acceptors (Lipinski definition) is 3. The maximum Gasteiger partial charge on any atom is 0.0429 e. The van der Waals surface area contributed by atoms with Crippen molar-refractivity contribution in [3.8, 4) is 0 Å². The molecule has 0 aliphatic carbocycles. The highest BCUT2D eigenvalue weighted by Gasteiger charge is 2.07. The van der Waals surface area contributed by atoms with E-state index in [0.717, 1.165) is 30.9 Å². The van der Waals surface area contributed by atoms with Gasteiger partial charge in [-0.25, -0.2) is 0 Å². The number of aryl methyl sites for hydroxylation is 1. The number of aromatic nitrogens is 1. The summed E-state index contributed by atoms with van der Waals surface area (Å²) in [5.74, 6) is 0. The van der Waals surface area contributed by atoms with E-state index in [1.165, 1.54) is 11.3 Å². The molecule has 0 saturated carbocycles. The van der Waals surface area contributed by atoms with E-state index in [-0.39, 0.29) is 0 Å². The molecule has 1 aromatic carbocycles. The van der Waals surface area contributed by atoms with Gasteiger partial charge < -0.3 is 10.6 Å². The molecule has 2 aromatic rings. The molecular weight excluding hydrogens is 234 g/mol. The number of nitrogens with two attached hydrogens (primary N) is 1. The number of pyridine rings is 1. The van der Waals surface area contributed by atoms with Crippen molar-refractivity contribution in [2.45, 2.75) is 26.8 Å². The summed E-state index contributed by atoms with van der Waals surface area (Å²) in [6, 6.07) is 12.3. The Balaban J connectivity index is 2.18. The Kier molecular flexibility index (Phi) is 4.39. The van der Waals surface area contributed by atoms with Crippen LogP contribution in [0.3, 0.4) is 0 Å². The van der Waals surface area contributed by atoms with Crippen molar-refractivity contribution in [3.05, 3.63) is 53.9 Å². The van der Waals surface area contributed by atoms with E-state index in [2.05, 4.69) is 41.1 Å². The second-order valence-corrected chi connectivity index (χ2v) is 4.82. The SMILES string of the molecule is CCCN(Cc1ccc(N)cc1)c1ccnc(C)c1. The molecule has 0 bridgehead atoms. The monoisotopic (exact) mass is 255 g/mol. The summed E-state index contributed by atoms with van der Waals surface area (Å²) >= 11 is 0. The van der Waals surface area contributed by atoms with E-state index < -0.39 is 0 Å². The predicted octanol–water partition coefficient (Wildman–Crippen LogP) is 3.39. The molecule has 0 aliphatic heterocycles. The number of rotatable bonds is 5. The third-order valence-corrected chi connectivity index (χ3v) is 3.09.